The van der Waals surface area contributed by atoms with E-state index in [1.165, 1.54) is 0 Å². The second-order valence-corrected chi connectivity index (χ2v) is 8.96. The molecule has 8 heteroatoms. The van der Waals surface area contributed by atoms with E-state index in [0.717, 1.165) is 25.6 Å². The second kappa shape index (κ2) is 10.4. The van der Waals surface area contributed by atoms with Crippen molar-refractivity contribution in [3.8, 4) is 5.75 Å². The monoisotopic (exact) mass is 568 g/mol. The summed E-state index contributed by atoms with van der Waals surface area (Å²) in [6.45, 7) is 2.31. The minimum atomic E-state index is -0.378. The third-order valence-corrected chi connectivity index (χ3v) is 5.81. The SMILES string of the molecule is Cc1ccc(C(=O)N/N=C\c2cc(Br)c(OCc3ccc(Cl)cc3)c(Br)c2)c(Cl)c1. The molecule has 0 aliphatic heterocycles. The van der Waals surface area contributed by atoms with Crippen LogP contribution in [0.5, 0.6) is 5.75 Å². The van der Waals surface area contributed by atoms with Gasteiger partial charge < -0.3 is 4.74 Å². The molecule has 0 aromatic heterocycles. The Kier molecular flexibility index (Phi) is 7.94. The van der Waals surface area contributed by atoms with E-state index in [4.69, 9.17) is 27.9 Å². The van der Waals surface area contributed by atoms with Gasteiger partial charge in [0.05, 0.1) is 25.7 Å². The lowest BCUT2D eigenvalue weighted by Crippen LogP contribution is -2.18. The maximum absolute atomic E-state index is 12.2. The molecule has 0 saturated heterocycles. The van der Waals surface area contributed by atoms with Crippen molar-refractivity contribution in [1.29, 1.82) is 0 Å². The Labute approximate surface area is 201 Å². The molecule has 0 radical (unpaired) electrons. The van der Waals surface area contributed by atoms with Crippen LogP contribution in [0.15, 0.2) is 68.6 Å². The molecule has 3 aromatic carbocycles. The van der Waals surface area contributed by atoms with Gasteiger partial charge in [-0.3, -0.25) is 4.79 Å². The maximum Gasteiger partial charge on any atom is 0.272 e. The number of hydrogen-bond donors (Lipinski definition) is 1. The highest BCUT2D eigenvalue weighted by atomic mass is 79.9. The van der Waals surface area contributed by atoms with Gasteiger partial charge in [-0.05, 0) is 91.9 Å². The van der Waals surface area contributed by atoms with Crippen molar-refractivity contribution in [3.63, 3.8) is 0 Å². The summed E-state index contributed by atoms with van der Waals surface area (Å²) >= 11 is 19.0. The van der Waals surface area contributed by atoms with Gasteiger partial charge in [-0.1, -0.05) is 41.4 Å². The number of nitrogens with one attached hydrogen (secondary N) is 1. The molecule has 0 bridgehead atoms. The Hall–Kier alpha value is -1.86. The lowest BCUT2D eigenvalue weighted by Gasteiger charge is -2.11. The molecular weight excluding hydrogens is 555 g/mol. The molecule has 3 rings (SSSR count). The van der Waals surface area contributed by atoms with E-state index < -0.39 is 0 Å². The Balaban J connectivity index is 1.65. The number of ether oxygens (including phenoxy) is 1. The number of carbonyl (C=O) groups excluding carboxylic acids is 1. The number of hydrazone groups is 1. The van der Waals surface area contributed by atoms with Gasteiger partial charge in [-0.15, -0.1) is 0 Å². The molecule has 0 heterocycles. The first-order valence-corrected chi connectivity index (χ1v) is 11.1. The first-order valence-electron chi connectivity index (χ1n) is 8.79. The van der Waals surface area contributed by atoms with Crippen molar-refractivity contribution in [2.45, 2.75) is 13.5 Å². The van der Waals surface area contributed by atoms with Crippen LogP contribution < -0.4 is 10.2 Å². The summed E-state index contributed by atoms with van der Waals surface area (Å²) in [6.07, 6.45) is 1.54. The van der Waals surface area contributed by atoms with Crippen LogP contribution in [0.25, 0.3) is 0 Å². The van der Waals surface area contributed by atoms with E-state index in [2.05, 4.69) is 42.4 Å². The van der Waals surface area contributed by atoms with Crippen LogP contribution in [0.1, 0.15) is 27.0 Å². The Bertz CT molecular complexity index is 1080. The van der Waals surface area contributed by atoms with E-state index in [1.54, 1.807) is 18.3 Å². The largest absolute Gasteiger partial charge is 0.487 e. The van der Waals surface area contributed by atoms with E-state index >= 15 is 0 Å². The topological polar surface area (TPSA) is 50.7 Å². The van der Waals surface area contributed by atoms with Crippen molar-refractivity contribution >= 4 is 67.2 Å². The van der Waals surface area contributed by atoms with E-state index in [-0.39, 0.29) is 5.91 Å². The zero-order valence-electron chi connectivity index (χ0n) is 15.8. The molecule has 0 aliphatic rings. The quantitative estimate of drug-likeness (QED) is 0.252. The zero-order valence-corrected chi connectivity index (χ0v) is 20.4. The Morgan fingerprint density at radius 3 is 2.37 bits per heavy atom. The van der Waals surface area contributed by atoms with Gasteiger partial charge in [0.15, 0.2) is 0 Å². The average Bonchev–Trinajstić information content (AvgIpc) is 2.68. The van der Waals surface area contributed by atoms with Crippen LogP contribution in [0, 0.1) is 6.92 Å². The molecule has 0 fully saturated rings. The Morgan fingerprint density at radius 1 is 1.07 bits per heavy atom. The van der Waals surface area contributed by atoms with Gasteiger partial charge in [0.1, 0.15) is 12.4 Å². The standard InChI is InChI=1S/C22H16Br2Cl2N2O2/c1-13-2-7-17(20(26)8-13)22(29)28-27-11-15-9-18(23)21(19(24)10-15)30-12-14-3-5-16(25)6-4-14/h2-11H,12H2,1H3,(H,28,29)/b27-11-. The molecule has 1 N–H and O–H groups in total. The fraction of sp³-hybridized carbons (Fsp3) is 0.0909. The molecular formula is C22H16Br2Cl2N2O2. The second-order valence-electron chi connectivity index (χ2n) is 6.41. The molecule has 0 spiro atoms. The third kappa shape index (κ3) is 6.08. The highest BCUT2D eigenvalue weighted by Gasteiger charge is 2.11. The normalized spacial score (nSPS) is 11.0. The molecule has 3 aromatic rings. The predicted molar refractivity (Wildman–Crippen MR) is 129 cm³/mol. The molecule has 1 amide bonds. The fourth-order valence-corrected chi connectivity index (χ4v) is 4.46. The maximum atomic E-state index is 12.2. The van der Waals surface area contributed by atoms with Crippen molar-refractivity contribution in [2.75, 3.05) is 0 Å². The molecule has 154 valence electrons. The zero-order chi connectivity index (χ0) is 21.7. The summed E-state index contributed by atoms with van der Waals surface area (Å²) in [7, 11) is 0. The molecule has 0 unspecified atom stereocenters. The van der Waals surface area contributed by atoms with E-state index in [9.17, 15) is 4.79 Å². The fourth-order valence-electron chi connectivity index (χ4n) is 2.56. The van der Waals surface area contributed by atoms with Gasteiger partial charge in [-0.2, -0.15) is 5.10 Å². The summed E-state index contributed by atoms with van der Waals surface area (Å²) in [5.41, 5.74) is 5.60. The van der Waals surface area contributed by atoms with E-state index in [0.29, 0.717) is 28.0 Å². The van der Waals surface area contributed by atoms with Gasteiger partial charge >= 0.3 is 0 Å². The molecule has 30 heavy (non-hydrogen) atoms. The van der Waals surface area contributed by atoms with Gasteiger partial charge in [0.2, 0.25) is 0 Å². The highest BCUT2D eigenvalue weighted by molar-refractivity contribution is 9.11. The van der Waals surface area contributed by atoms with Gasteiger partial charge in [0.25, 0.3) is 5.91 Å². The number of amides is 1. The first-order chi connectivity index (χ1) is 14.3. The lowest BCUT2D eigenvalue weighted by molar-refractivity contribution is 0.0955. The van der Waals surface area contributed by atoms with E-state index in [1.807, 2.05) is 49.4 Å². The number of benzene rings is 3. The van der Waals surface area contributed by atoms with Crippen LogP contribution in [-0.4, -0.2) is 12.1 Å². The summed E-state index contributed by atoms with van der Waals surface area (Å²) in [6, 6.07) is 16.4. The Morgan fingerprint density at radius 2 is 1.73 bits per heavy atom. The number of halogens is 4. The van der Waals surface area contributed by atoms with Crippen molar-refractivity contribution in [3.05, 3.63) is 95.8 Å². The molecule has 0 atom stereocenters. The summed E-state index contributed by atoms with van der Waals surface area (Å²) in [4.78, 5) is 12.2. The average molecular weight is 571 g/mol. The minimum Gasteiger partial charge on any atom is -0.487 e. The smallest absolute Gasteiger partial charge is 0.272 e. The van der Waals surface area contributed by atoms with Gasteiger partial charge in [-0.25, -0.2) is 5.43 Å². The number of aryl methyl sites for hydroxylation is 1. The van der Waals surface area contributed by atoms with Crippen LogP contribution in [0.3, 0.4) is 0 Å². The number of hydrogen-bond acceptors (Lipinski definition) is 3. The third-order valence-electron chi connectivity index (χ3n) is 4.07. The van der Waals surface area contributed by atoms with Gasteiger partial charge in [0, 0.05) is 5.02 Å². The molecule has 0 saturated carbocycles. The summed E-state index contributed by atoms with van der Waals surface area (Å²) in [5, 5.41) is 5.08. The van der Waals surface area contributed by atoms with Crippen LogP contribution in [0.4, 0.5) is 0 Å². The summed E-state index contributed by atoms with van der Waals surface area (Å²) in [5.74, 6) is 0.287. The molecule has 4 nitrogen and oxygen atoms in total. The van der Waals surface area contributed by atoms with Crippen molar-refractivity contribution in [2.24, 2.45) is 5.10 Å². The minimum absolute atomic E-state index is 0.368. The van der Waals surface area contributed by atoms with Crippen LogP contribution in [-0.2, 0) is 6.61 Å². The lowest BCUT2D eigenvalue weighted by atomic mass is 10.1. The van der Waals surface area contributed by atoms with Crippen molar-refractivity contribution in [1.82, 2.24) is 5.43 Å². The number of nitrogens with zero attached hydrogens (tertiary/aromatic N) is 1. The van der Waals surface area contributed by atoms with Crippen molar-refractivity contribution < 1.29 is 9.53 Å². The number of rotatable bonds is 6. The predicted octanol–water partition coefficient (Wildman–Crippen LogP) is 7.17. The first kappa shape index (κ1) is 22.8. The highest BCUT2D eigenvalue weighted by Crippen LogP contribution is 2.35. The van der Waals surface area contributed by atoms with Crippen LogP contribution in [0.2, 0.25) is 10.0 Å². The van der Waals surface area contributed by atoms with Crippen LogP contribution >= 0.6 is 55.1 Å². The molecule has 0 aliphatic carbocycles. The summed E-state index contributed by atoms with van der Waals surface area (Å²) < 4.78 is 7.41. The number of carbonyl (C=O) groups is 1.